The Kier molecular flexibility index (Phi) is 8.48. The second-order valence-corrected chi connectivity index (χ2v) is 16.0. The van der Waals surface area contributed by atoms with Crippen molar-refractivity contribution < 1.29 is 0 Å². The van der Waals surface area contributed by atoms with E-state index in [2.05, 4.69) is 242 Å². The van der Waals surface area contributed by atoms with Crippen LogP contribution in [-0.2, 0) is 5.41 Å². The van der Waals surface area contributed by atoms with Gasteiger partial charge < -0.3 is 4.57 Å². The summed E-state index contributed by atoms with van der Waals surface area (Å²) in [5.74, 6) is 0.361. The van der Waals surface area contributed by atoms with Crippen molar-refractivity contribution in [1.82, 2.24) is 4.57 Å². The van der Waals surface area contributed by atoms with Crippen LogP contribution in [0.4, 0.5) is 0 Å². The molecule has 1 aliphatic carbocycles. The van der Waals surface area contributed by atoms with Gasteiger partial charge in [-0.2, -0.15) is 0 Å². The van der Waals surface area contributed by atoms with Crippen molar-refractivity contribution in [2.75, 3.05) is 0 Å². The second kappa shape index (κ2) is 14.3. The van der Waals surface area contributed by atoms with Crippen LogP contribution in [0.1, 0.15) is 57.7 Å². The minimum atomic E-state index is -0.437. The highest BCUT2D eigenvalue weighted by atomic mass is 15.0. The predicted molar refractivity (Wildman–Crippen MR) is 247 cm³/mol. The molecule has 1 aromatic heterocycles. The van der Waals surface area contributed by atoms with E-state index in [0.29, 0.717) is 0 Å². The highest BCUT2D eigenvalue weighted by Gasteiger charge is 2.46. The van der Waals surface area contributed by atoms with Crippen molar-refractivity contribution in [2.24, 2.45) is 0 Å². The first kappa shape index (κ1) is 35.0. The standard InChI is InChI=1S/C58H43N/c1-40(41-29-31-42(32-30-41)43-33-36-48(37-34-43)59-55-27-15-12-24-51(55)52-25-13-16-28-56(52)59)57(44-17-5-2-6-18-44)45-35-38-50-49-23-11-14-26-53(49)58(54(50)39-45,46-19-7-3-8-20-46)47-21-9-4-10-22-47/h2-40,57H,1H3. The van der Waals surface area contributed by atoms with Gasteiger partial charge in [-0.05, 0) is 91.4 Å². The maximum Gasteiger partial charge on any atom is 0.0713 e. The molecule has 1 heterocycles. The third-order valence-corrected chi connectivity index (χ3v) is 13.0. The van der Waals surface area contributed by atoms with Crippen LogP contribution >= 0.6 is 0 Å². The molecule has 1 heteroatoms. The van der Waals surface area contributed by atoms with Gasteiger partial charge in [0.05, 0.1) is 16.4 Å². The number of hydrogen-bond donors (Lipinski definition) is 0. The summed E-state index contributed by atoms with van der Waals surface area (Å²) >= 11 is 0. The zero-order chi connectivity index (χ0) is 39.3. The Morgan fingerprint density at radius 3 is 1.46 bits per heavy atom. The molecule has 2 atom stereocenters. The van der Waals surface area contributed by atoms with Crippen molar-refractivity contribution in [1.29, 1.82) is 0 Å². The fourth-order valence-corrected chi connectivity index (χ4v) is 10.3. The highest BCUT2D eigenvalue weighted by Crippen LogP contribution is 2.57. The maximum absolute atomic E-state index is 2.54. The van der Waals surface area contributed by atoms with E-state index < -0.39 is 5.41 Å². The first-order valence-electron chi connectivity index (χ1n) is 20.8. The molecule has 0 saturated heterocycles. The molecule has 0 spiro atoms. The van der Waals surface area contributed by atoms with E-state index in [4.69, 9.17) is 0 Å². The van der Waals surface area contributed by atoms with E-state index in [0.717, 1.165) is 0 Å². The summed E-state index contributed by atoms with van der Waals surface area (Å²) in [5.41, 5.74) is 17.5. The van der Waals surface area contributed by atoms with Crippen LogP contribution in [0.3, 0.4) is 0 Å². The first-order valence-corrected chi connectivity index (χ1v) is 20.8. The molecule has 0 amide bonds. The summed E-state index contributed by atoms with van der Waals surface area (Å²) in [6, 6.07) is 85.4. The Hall–Kier alpha value is -7.22. The lowest BCUT2D eigenvalue weighted by atomic mass is 9.67. The van der Waals surface area contributed by atoms with Crippen molar-refractivity contribution in [3.8, 4) is 27.9 Å². The van der Waals surface area contributed by atoms with Gasteiger partial charge in [0, 0.05) is 22.4 Å². The van der Waals surface area contributed by atoms with Gasteiger partial charge >= 0.3 is 0 Å². The second-order valence-electron chi connectivity index (χ2n) is 16.0. The number of rotatable bonds is 8. The molecular weight excluding hydrogens is 711 g/mol. The molecule has 0 fully saturated rings. The molecule has 10 aromatic rings. The topological polar surface area (TPSA) is 4.93 Å². The molecule has 11 rings (SSSR count). The van der Waals surface area contributed by atoms with Gasteiger partial charge in [0.1, 0.15) is 0 Å². The van der Waals surface area contributed by atoms with Crippen LogP contribution < -0.4 is 0 Å². The summed E-state index contributed by atoms with van der Waals surface area (Å²) < 4.78 is 2.38. The third kappa shape index (κ3) is 5.61. The van der Waals surface area contributed by atoms with E-state index in [9.17, 15) is 0 Å². The van der Waals surface area contributed by atoms with Gasteiger partial charge in [0.2, 0.25) is 0 Å². The van der Waals surface area contributed by atoms with E-state index in [1.54, 1.807) is 0 Å². The number of nitrogens with zero attached hydrogens (tertiary/aromatic N) is 1. The van der Waals surface area contributed by atoms with Crippen molar-refractivity contribution in [3.63, 3.8) is 0 Å². The van der Waals surface area contributed by atoms with Gasteiger partial charge in [-0.1, -0.05) is 213 Å². The van der Waals surface area contributed by atoms with Gasteiger partial charge in [-0.15, -0.1) is 0 Å². The van der Waals surface area contributed by atoms with Crippen LogP contribution in [0.25, 0.3) is 49.7 Å². The van der Waals surface area contributed by atoms with Crippen LogP contribution in [0, 0.1) is 0 Å². The summed E-state index contributed by atoms with van der Waals surface area (Å²) in [4.78, 5) is 0. The summed E-state index contributed by atoms with van der Waals surface area (Å²) in [6.45, 7) is 2.40. The quantitative estimate of drug-likeness (QED) is 0.146. The predicted octanol–water partition coefficient (Wildman–Crippen LogP) is 14.7. The summed E-state index contributed by atoms with van der Waals surface area (Å²) in [6.07, 6.45) is 0. The summed E-state index contributed by atoms with van der Waals surface area (Å²) in [7, 11) is 0. The fourth-order valence-electron chi connectivity index (χ4n) is 10.3. The molecule has 1 nitrogen and oxygen atoms in total. The van der Waals surface area contributed by atoms with Gasteiger partial charge in [-0.25, -0.2) is 0 Å². The lowest BCUT2D eigenvalue weighted by molar-refractivity contribution is 0.655. The van der Waals surface area contributed by atoms with Crippen molar-refractivity contribution in [3.05, 3.63) is 269 Å². The van der Waals surface area contributed by atoms with Crippen molar-refractivity contribution >= 4 is 21.8 Å². The molecular formula is C58H43N. The van der Waals surface area contributed by atoms with E-state index >= 15 is 0 Å². The average Bonchev–Trinajstić information content (AvgIpc) is 3.81. The smallest absolute Gasteiger partial charge is 0.0713 e. The number of aromatic nitrogens is 1. The average molecular weight is 754 g/mol. The highest BCUT2D eigenvalue weighted by molar-refractivity contribution is 6.09. The number of fused-ring (bicyclic) bond motifs is 6. The van der Waals surface area contributed by atoms with Crippen LogP contribution in [0.15, 0.2) is 231 Å². The van der Waals surface area contributed by atoms with Crippen molar-refractivity contribution in [2.45, 2.75) is 24.2 Å². The number of para-hydroxylation sites is 2. The fraction of sp³-hybridized carbons (Fsp3) is 0.0690. The summed E-state index contributed by atoms with van der Waals surface area (Å²) in [5, 5.41) is 2.56. The Balaban J connectivity index is 0.979. The number of hydrogen-bond acceptors (Lipinski definition) is 0. The van der Waals surface area contributed by atoms with Crippen LogP contribution in [-0.4, -0.2) is 4.57 Å². The molecule has 59 heavy (non-hydrogen) atoms. The molecule has 0 saturated carbocycles. The van der Waals surface area contributed by atoms with E-state index in [1.807, 2.05) is 0 Å². The molecule has 9 aromatic carbocycles. The lowest BCUT2D eigenvalue weighted by Gasteiger charge is -2.35. The minimum absolute atomic E-state index is 0.144. The Bertz CT molecular complexity index is 2990. The molecule has 280 valence electrons. The largest absolute Gasteiger partial charge is 0.309 e. The molecule has 2 unspecified atom stereocenters. The zero-order valence-corrected chi connectivity index (χ0v) is 33.0. The van der Waals surface area contributed by atoms with Gasteiger partial charge in [-0.3, -0.25) is 0 Å². The van der Waals surface area contributed by atoms with Crippen LogP contribution in [0.2, 0.25) is 0 Å². The third-order valence-electron chi connectivity index (χ3n) is 13.0. The molecule has 1 aliphatic rings. The van der Waals surface area contributed by atoms with Gasteiger partial charge in [0.15, 0.2) is 0 Å². The van der Waals surface area contributed by atoms with Gasteiger partial charge in [0.25, 0.3) is 0 Å². The number of benzene rings is 9. The SMILES string of the molecule is CC(c1ccc(-c2ccc(-n3c4ccccc4c4ccccc43)cc2)cc1)C(c1ccccc1)c1ccc2c(c1)C(c1ccccc1)(c1ccccc1)c1ccccc1-2. The maximum atomic E-state index is 2.54. The monoisotopic (exact) mass is 753 g/mol. The van der Waals surface area contributed by atoms with E-state index in [-0.39, 0.29) is 11.8 Å². The zero-order valence-electron chi connectivity index (χ0n) is 33.0. The van der Waals surface area contributed by atoms with Crippen LogP contribution in [0.5, 0.6) is 0 Å². The molecule has 0 bridgehead atoms. The first-order chi connectivity index (χ1) is 29.2. The van der Waals surface area contributed by atoms with E-state index in [1.165, 1.54) is 88.7 Å². The normalized spacial score (nSPS) is 13.8. The Labute approximate surface area is 346 Å². The molecule has 0 N–H and O–H groups in total. The molecule has 0 aliphatic heterocycles. The lowest BCUT2D eigenvalue weighted by Crippen LogP contribution is -2.28. The Morgan fingerprint density at radius 1 is 0.373 bits per heavy atom. The molecule has 0 radical (unpaired) electrons. The minimum Gasteiger partial charge on any atom is -0.309 e. The Morgan fingerprint density at radius 2 is 0.847 bits per heavy atom.